The lowest BCUT2D eigenvalue weighted by atomic mass is 9.85. The van der Waals surface area contributed by atoms with Crippen LogP contribution in [0.5, 0.6) is 17.2 Å². The van der Waals surface area contributed by atoms with Gasteiger partial charge in [-0.25, -0.2) is 4.79 Å². The van der Waals surface area contributed by atoms with E-state index in [0.717, 1.165) is 29.9 Å². The molecule has 2 unspecified atom stereocenters. The third-order valence-corrected chi connectivity index (χ3v) is 7.17. The molecule has 0 radical (unpaired) electrons. The van der Waals surface area contributed by atoms with Crippen LogP contribution in [-0.4, -0.2) is 53.9 Å². The van der Waals surface area contributed by atoms with Crippen LogP contribution in [0, 0.1) is 5.92 Å². The van der Waals surface area contributed by atoms with E-state index < -0.39 is 23.8 Å². The number of carbonyl (C=O) groups excluding carboxylic acids is 1. The quantitative estimate of drug-likeness (QED) is 0.182. The maximum absolute atomic E-state index is 13.1. The summed E-state index contributed by atoms with van der Waals surface area (Å²) < 4.78 is 17.3. The van der Waals surface area contributed by atoms with Crippen molar-refractivity contribution in [1.82, 2.24) is 5.32 Å². The number of carboxylic acids is 2. The molecule has 0 spiro atoms. The predicted molar refractivity (Wildman–Crippen MR) is 162 cm³/mol. The molecule has 2 atom stereocenters. The van der Waals surface area contributed by atoms with Crippen molar-refractivity contribution in [3.05, 3.63) is 95.6 Å². The molecule has 1 saturated carbocycles. The van der Waals surface area contributed by atoms with Gasteiger partial charge in [0.05, 0.1) is 30.3 Å². The minimum absolute atomic E-state index is 0.0390. The van der Waals surface area contributed by atoms with E-state index in [1.54, 1.807) is 6.08 Å². The molecule has 1 amide bonds. The molecule has 0 heterocycles. The highest BCUT2D eigenvalue weighted by Crippen LogP contribution is 2.26. The summed E-state index contributed by atoms with van der Waals surface area (Å²) in [5.74, 6) is -1.13. The van der Waals surface area contributed by atoms with Crippen LogP contribution in [-0.2, 0) is 4.79 Å². The molecule has 3 aromatic carbocycles. The number of hydrogen-bond acceptors (Lipinski definition) is 6. The van der Waals surface area contributed by atoms with Crippen LogP contribution in [0.1, 0.15) is 64.8 Å². The van der Waals surface area contributed by atoms with E-state index in [9.17, 15) is 24.6 Å². The highest BCUT2D eigenvalue weighted by atomic mass is 16.5. The Morgan fingerprint density at radius 2 is 1.53 bits per heavy atom. The van der Waals surface area contributed by atoms with Gasteiger partial charge in [-0.3, -0.25) is 9.59 Å². The summed E-state index contributed by atoms with van der Waals surface area (Å²) in [7, 11) is 0. The van der Waals surface area contributed by atoms with Gasteiger partial charge >= 0.3 is 11.9 Å². The molecule has 1 fully saturated rings. The third kappa shape index (κ3) is 9.92. The van der Waals surface area contributed by atoms with E-state index in [4.69, 9.17) is 14.2 Å². The van der Waals surface area contributed by atoms with Crippen LogP contribution in [0.15, 0.2) is 78.9 Å². The van der Waals surface area contributed by atoms with Crippen molar-refractivity contribution in [2.75, 3.05) is 19.8 Å². The summed E-state index contributed by atoms with van der Waals surface area (Å²) in [6.07, 6.45) is 7.73. The Morgan fingerprint density at radius 1 is 0.837 bits per heavy atom. The monoisotopic (exact) mass is 587 g/mol. The smallest absolute Gasteiger partial charge is 0.335 e. The minimum Gasteiger partial charge on any atom is -0.494 e. The van der Waals surface area contributed by atoms with Gasteiger partial charge in [0.2, 0.25) is 0 Å². The number of ether oxygens (including phenoxy) is 3. The number of rotatable bonds is 15. The van der Waals surface area contributed by atoms with Gasteiger partial charge in [0.1, 0.15) is 23.9 Å². The summed E-state index contributed by atoms with van der Waals surface area (Å²) >= 11 is 0. The molecule has 1 aliphatic carbocycles. The summed E-state index contributed by atoms with van der Waals surface area (Å²) in [5.41, 5.74) is 0.999. The molecular formula is C34H37NO8. The first-order valence-electron chi connectivity index (χ1n) is 14.5. The third-order valence-electron chi connectivity index (χ3n) is 7.17. The Morgan fingerprint density at radius 3 is 2.21 bits per heavy atom. The second-order valence-corrected chi connectivity index (χ2v) is 10.4. The number of amides is 1. The zero-order valence-electron chi connectivity index (χ0n) is 23.9. The maximum atomic E-state index is 13.1. The second kappa shape index (κ2) is 16.0. The van der Waals surface area contributed by atoms with Gasteiger partial charge in [-0.15, -0.1) is 0 Å². The standard InChI is InChI=1S/C34H37NO8/c36-32(35-27-10-6-9-25(22-27)33(37)38)30-23-26(34(39)40)15-18-31(30)43-21-7-8-24-13-16-29(17-14-24)42-20-5-4-19-41-28-11-2-1-3-12-28/h1-3,7-8,11-18,23,25,27H,4-6,9-10,19-22H2,(H,35,36)(H,37,38)(H,39,40). The summed E-state index contributed by atoms with van der Waals surface area (Å²) in [6, 6.07) is 21.2. The molecule has 43 heavy (non-hydrogen) atoms. The number of hydrogen-bond donors (Lipinski definition) is 3. The van der Waals surface area contributed by atoms with E-state index in [2.05, 4.69) is 5.32 Å². The molecule has 3 N–H and O–H groups in total. The second-order valence-electron chi connectivity index (χ2n) is 10.4. The fraction of sp³-hybridized carbons (Fsp3) is 0.324. The van der Waals surface area contributed by atoms with Gasteiger partial charge in [0, 0.05) is 6.04 Å². The lowest BCUT2D eigenvalue weighted by Gasteiger charge is -2.27. The first kappa shape index (κ1) is 31.2. The molecule has 226 valence electrons. The van der Waals surface area contributed by atoms with E-state index in [1.165, 1.54) is 18.2 Å². The number of carbonyl (C=O) groups is 3. The minimum atomic E-state index is -1.16. The van der Waals surface area contributed by atoms with Crippen molar-refractivity contribution in [2.24, 2.45) is 5.92 Å². The molecule has 0 aromatic heterocycles. The van der Waals surface area contributed by atoms with Crippen molar-refractivity contribution in [3.63, 3.8) is 0 Å². The van der Waals surface area contributed by atoms with Gasteiger partial charge in [-0.2, -0.15) is 0 Å². The van der Waals surface area contributed by atoms with Crippen LogP contribution >= 0.6 is 0 Å². The Bertz CT molecular complexity index is 1390. The molecule has 0 bridgehead atoms. The zero-order valence-corrected chi connectivity index (χ0v) is 23.9. The van der Waals surface area contributed by atoms with Crippen LogP contribution < -0.4 is 19.5 Å². The molecule has 4 rings (SSSR count). The van der Waals surface area contributed by atoms with Crippen molar-refractivity contribution in [2.45, 2.75) is 44.6 Å². The fourth-order valence-electron chi connectivity index (χ4n) is 4.87. The molecule has 0 aliphatic heterocycles. The summed E-state index contributed by atoms with van der Waals surface area (Å²) in [6.45, 7) is 1.39. The van der Waals surface area contributed by atoms with Crippen molar-refractivity contribution in [3.8, 4) is 17.2 Å². The number of benzene rings is 3. The summed E-state index contributed by atoms with van der Waals surface area (Å²) in [4.78, 5) is 36.0. The van der Waals surface area contributed by atoms with Crippen LogP contribution in [0.25, 0.3) is 6.08 Å². The summed E-state index contributed by atoms with van der Waals surface area (Å²) in [5, 5.41) is 21.6. The van der Waals surface area contributed by atoms with E-state index >= 15 is 0 Å². The van der Waals surface area contributed by atoms with Crippen LogP contribution in [0.2, 0.25) is 0 Å². The average Bonchev–Trinajstić information content (AvgIpc) is 3.02. The van der Waals surface area contributed by atoms with Crippen molar-refractivity contribution < 1.29 is 38.8 Å². The van der Waals surface area contributed by atoms with E-state index in [1.807, 2.05) is 60.7 Å². The first-order valence-corrected chi connectivity index (χ1v) is 14.5. The number of nitrogens with one attached hydrogen (secondary N) is 1. The Hall–Kier alpha value is -4.79. The van der Waals surface area contributed by atoms with Crippen molar-refractivity contribution in [1.29, 1.82) is 0 Å². The lowest BCUT2D eigenvalue weighted by molar-refractivity contribution is -0.143. The maximum Gasteiger partial charge on any atom is 0.335 e. The number of aliphatic carboxylic acids is 1. The highest BCUT2D eigenvalue weighted by Gasteiger charge is 2.28. The Balaban J connectivity index is 1.24. The van der Waals surface area contributed by atoms with Gasteiger partial charge in [0.25, 0.3) is 5.91 Å². The lowest BCUT2D eigenvalue weighted by Crippen LogP contribution is -2.40. The van der Waals surface area contributed by atoms with Gasteiger partial charge in [0.15, 0.2) is 0 Å². The van der Waals surface area contributed by atoms with Gasteiger partial charge in [-0.05, 0) is 86.2 Å². The number of para-hydroxylation sites is 1. The van der Waals surface area contributed by atoms with Gasteiger partial charge in [-0.1, -0.05) is 42.8 Å². The number of unbranched alkanes of at least 4 members (excludes halogenated alkanes) is 1. The average molecular weight is 588 g/mol. The van der Waals surface area contributed by atoms with E-state index in [-0.39, 0.29) is 29.5 Å². The molecule has 9 nitrogen and oxygen atoms in total. The Kier molecular flexibility index (Phi) is 11.6. The molecule has 0 saturated heterocycles. The highest BCUT2D eigenvalue weighted by molar-refractivity contribution is 6.00. The normalized spacial score (nSPS) is 16.4. The Labute approximate surface area is 251 Å². The van der Waals surface area contributed by atoms with Crippen LogP contribution in [0.3, 0.4) is 0 Å². The molecule has 3 aromatic rings. The van der Waals surface area contributed by atoms with E-state index in [0.29, 0.717) is 38.9 Å². The molecule has 1 aliphatic rings. The van der Waals surface area contributed by atoms with Crippen molar-refractivity contribution >= 4 is 23.9 Å². The topological polar surface area (TPSA) is 131 Å². The zero-order chi connectivity index (χ0) is 30.4. The predicted octanol–water partition coefficient (Wildman–Crippen LogP) is 6.09. The molecule has 9 heteroatoms. The fourth-order valence-corrected chi connectivity index (χ4v) is 4.87. The first-order chi connectivity index (χ1) is 20.9. The molecular weight excluding hydrogens is 550 g/mol. The number of carboxylic acid groups (broad SMARTS) is 2. The number of aromatic carboxylic acids is 1. The van der Waals surface area contributed by atoms with Crippen LogP contribution in [0.4, 0.5) is 0 Å². The SMILES string of the molecule is O=C(O)c1ccc(OCC=Cc2ccc(OCCCCOc3ccccc3)cc2)c(C(=O)NC2CCCC(C(=O)O)C2)c1. The van der Waals surface area contributed by atoms with Gasteiger partial charge < -0.3 is 29.7 Å². The largest absolute Gasteiger partial charge is 0.494 e.